The normalized spacial score (nSPS) is 14.2. The summed E-state index contributed by atoms with van der Waals surface area (Å²) in [5.41, 5.74) is 6.53. The van der Waals surface area contributed by atoms with Gasteiger partial charge in [0.2, 0.25) is 5.91 Å². The molecule has 0 saturated carbocycles. The average Bonchev–Trinajstić information content (AvgIpc) is 2.36. The molecule has 0 unspecified atom stereocenters. The molecule has 0 fully saturated rings. The van der Waals surface area contributed by atoms with Crippen LogP contribution in [0.4, 0.5) is 0 Å². The lowest BCUT2D eigenvalue weighted by molar-refractivity contribution is -0.130. The summed E-state index contributed by atoms with van der Waals surface area (Å²) in [4.78, 5) is 13.2. The molecule has 2 N–H and O–H groups in total. The van der Waals surface area contributed by atoms with Crippen molar-refractivity contribution in [1.82, 2.24) is 4.90 Å². The maximum absolute atomic E-state index is 11.5. The number of carbonyl (C=O) groups excluding carboxylic acids is 1. The quantitative estimate of drug-likeness (QED) is 0.896. The van der Waals surface area contributed by atoms with Gasteiger partial charge in [0.1, 0.15) is 0 Å². The largest absolute Gasteiger partial charge is 0.341 e. The average molecular weight is 255 g/mol. The Morgan fingerprint density at radius 3 is 2.35 bits per heavy atom. The molecule has 4 heteroatoms. The molecule has 17 heavy (non-hydrogen) atoms. The Morgan fingerprint density at radius 1 is 1.35 bits per heavy atom. The van der Waals surface area contributed by atoms with Gasteiger partial charge in [-0.25, -0.2) is 0 Å². The molecule has 0 bridgehead atoms. The van der Waals surface area contributed by atoms with E-state index in [1.807, 2.05) is 31.2 Å². The molecule has 2 atom stereocenters. The number of nitrogens with two attached hydrogens (primary N) is 1. The van der Waals surface area contributed by atoms with Crippen molar-refractivity contribution in [3.63, 3.8) is 0 Å². The first kappa shape index (κ1) is 14.0. The highest BCUT2D eigenvalue weighted by molar-refractivity contribution is 6.30. The van der Waals surface area contributed by atoms with Crippen LogP contribution in [0.2, 0.25) is 5.02 Å². The van der Waals surface area contributed by atoms with Crippen LogP contribution < -0.4 is 5.73 Å². The highest BCUT2D eigenvalue weighted by Gasteiger charge is 2.21. The van der Waals surface area contributed by atoms with Crippen LogP contribution in [0.15, 0.2) is 24.3 Å². The molecular formula is C13H19ClN2O. The highest BCUT2D eigenvalue weighted by Crippen LogP contribution is 2.23. The topological polar surface area (TPSA) is 46.3 Å². The smallest absolute Gasteiger partial charge is 0.236 e. The third-order valence-electron chi connectivity index (χ3n) is 3.30. The lowest BCUT2D eigenvalue weighted by atomic mass is 9.93. The molecule has 0 aliphatic carbocycles. The van der Waals surface area contributed by atoms with Crippen LogP contribution in [0.3, 0.4) is 0 Å². The molecule has 1 amide bonds. The summed E-state index contributed by atoms with van der Waals surface area (Å²) in [6.07, 6.45) is 0. The third kappa shape index (κ3) is 3.45. The molecule has 0 radical (unpaired) electrons. The molecule has 1 aromatic carbocycles. The van der Waals surface area contributed by atoms with E-state index in [-0.39, 0.29) is 24.4 Å². The monoisotopic (exact) mass is 254 g/mol. The van der Waals surface area contributed by atoms with E-state index in [4.69, 9.17) is 17.3 Å². The van der Waals surface area contributed by atoms with Crippen LogP contribution >= 0.6 is 11.6 Å². The van der Waals surface area contributed by atoms with E-state index in [1.54, 1.807) is 11.9 Å². The van der Waals surface area contributed by atoms with Gasteiger partial charge in [0.05, 0.1) is 6.54 Å². The molecule has 1 aromatic rings. The molecule has 0 spiro atoms. The Morgan fingerprint density at radius 2 is 1.88 bits per heavy atom. The Hall–Kier alpha value is -1.06. The second-order valence-corrected chi connectivity index (χ2v) is 4.73. The minimum Gasteiger partial charge on any atom is -0.341 e. The van der Waals surface area contributed by atoms with Gasteiger partial charge in [0, 0.05) is 24.0 Å². The van der Waals surface area contributed by atoms with E-state index in [0.29, 0.717) is 0 Å². The number of carbonyl (C=O) groups is 1. The van der Waals surface area contributed by atoms with Crippen molar-refractivity contribution in [2.75, 3.05) is 13.6 Å². The summed E-state index contributed by atoms with van der Waals surface area (Å²) in [6, 6.07) is 7.82. The summed E-state index contributed by atoms with van der Waals surface area (Å²) in [5, 5.41) is 0.722. The van der Waals surface area contributed by atoms with Crippen molar-refractivity contribution in [3.05, 3.63) is 34.9 Å². The molecule has 1 rings (SSSR count). The summed E-state index contributed by atoms with van der Waals surface area (Å²) in [6.45, 7) is 4.16. The molecule has 0 saturated heterocycles. The predicted octanol–water partition coefficient (Wildman–Crippen LogP) is 2.25. The lowest BCUT2D eigenvalue weighted by Crippen LogP contribution is -2.41. The number of likely N-dealkylation sites (N-methyl/N-ethyl adjacent to an activating group) is 1. The molecule has 94 valence electrons. The summed E-state index contributed by atoms with van der Waals surface area (Å²) >= 11 is 5.85. The highest BCUT2D eigenvalue weighted by atomic mass is 35.5. The van der Waals surface area contributed by atoms with Crippen molar-refractivity contribution >= 4 is 17.5 Å². The van der Waals surface area contributed by atoms with Crippen molar-refractivity contribution < 1.29 is 4.79 Å². The Labute approximate surface area is 108 Å². The van der Waals surface area contributed by atoms with Crippen molar-refractivity contribution in [2.24, 2.45) is 5.73 Å². The Bertz CT molecular complexity index is 378. The molecular weight excluding hydrogens is 236 g/mol. The van der Waals surface area contributed by atoms with E-state index >= 15 is 0 Å². The van der Waals surface area contributed by atoms with Gasteiger partial charge in [-0.05, 0) is 24.6 Å². The molecule has 0 heterocycles. The first-order chi connectivity index (χ1) is 7.97. The van der Waals surface area contributed by atoms with Crippen LogP contribution in [0, 0.1) is 0 Å². The van der Waals surface area contributed by atoms with Gasteiger partial charge < -0.3 is 10.6 Å². The molecule has 0 aliphatic rings. The summed E-state index contributed by atoms with van der Waals surface area (Å²) < 4.78 is 0. The first-order valence-electron chi connectivity index (χ1n) is 5.68. The van der Waals surface area contributed by atoms with Crippen LogP contribution in [0.25, 0.3) is 0 Å². The molecule has 0 aliphatic heterocycles. The van der Waals surface area contributed by atoms with Crippen LogP contribution in [0.5, 0.6) is 0 Å². The SMILES string of the molecule is C[C@H]([C@@H](C)c1ccc(Cl)cc1)N(C)C(=O)CN. The maximum Gasteiger partial charge on any atom is 0.236 e. The fourth-order valence-electron chi connectivity index (χ4n) is 1.75. The zero-order valence-electron chi connectivity index (χ0n) is 10.5. The predicted molar refractivity (Wildman–Crippen MR) is 71.2 cm³/mol. The van der Waals surface area contributed by atoms with Gasteiger partial charge in [0.15, 0.2) is 0 Å². The number of amides is 1. The Balaban J connectivity index is 2.78. The number of hydrogen-bond acceptors (Lipinski definition) is 2. The summed E-state index contributed by atoms with van der Waals surface area (Å²) in [7, 11) is 1.78. The number of hydrogen-bond donors (Lipinski definition) is 1. The van der Waals surface area contributed by atoms with Crippen molar-refractivity contribution in [2.45, 2.75) is 25.8 Å². The van der Waals surface area contributed by atoms with Crippen molar-refractivity contribution in [3.8, 4) is 0 Å². The van der Waals surface area contributed by atoms with Crippen LogP contribution in [0.1, 0.15) is 25.3 Å². The lowest BCUT2D eigenvalue weighted by Gasteiger charge is -2.30. The minimum atomic E-state index is -0.0432. The van der Waals surface area contributed by atoms with Gasteiger partial charge in [-0.2, -0.15) is 0 Å². The van der Waals surface area contributed by atoms with E-state index in [2.05, 4.69) is 6.92 Å². The molecule has 0 aromatic heterocycles. The van der Waals surface area contributed by atoms with Crippen molar-refractivity contribution in [1.29, 1.82) is 0 Å². The van der Waals surface area contributed by atoms with E-state index in [0.717, 1.165) is 5.02 Å². The number of nitrogens with zero attached hydrogens (tertiary/aromatic N) is 1. The van der Waals surface area contributed by atoms with Gasteiger partial charge in [0.25, 0.3) is 0 Å². The van der Waals surface area contributed by atoms with Gasteiger partial charge in [-0.3, -0.25) is 4.79 Å². The van der Waals surface area contributed by atoms with E-state index < -0.39 is 0 Å². The number of rotatable bonds is 4. The fourth-order valence-corrected chi connectivity index (χ4v) is 1.88. The van der Waals surface area contributed by atoms with Gasteiger partial charge in [-0.15, -0.1) is 0 Å². The standard InChI is InChI=1S/C13H19ClN2O/c1-9(10(2)16(3)13(17)8-15)11-4-6-12(14)7-5-11/h4-7,9-10H,8,15H2,1-3H3/t9-,10-/m1/s1. The van der Waals surface area contributed by atoms with E-state index in [9.17, 15) is 4.79 Å². The zero-order valence-corrected chi connectivity index (χ0v) is 11.2. The summed E-state index contributed by atoms with van der Waals surface area (Å²) in [5.74, 6) is 0.200. The number of benzene rings is 1. The third-order valence-corrected chi connectivity index (χ3v) is 3.55. The molecule has 3 nitrogen and oxygen atoms in total. The number of halogens is 1. The Kier molecular flexibility index (Phi) is 4.97. The zero-order chi connectivity index (χ0) is 13.0. The van der Waals surface area contributed by atoms with Crippen LogP contribution in [-0.2, 0) is 4.79 Å². The second kappa shape index (κ2) is 6.03. The fraction of sp³-hybridized carbons (Fsp3) is 0.462. The second-order valence-electron chi connectivity index (χ2n) is 4.29. The van der Waals surface area contributed by atoms with Gasteiger partial charge >= 0.3 is 0 Å². The van der Waals surface area contributed by atoms with E-state index in [1.165, 1.54) is 5.56 Å². The first-order valence-corrected chi connectivity index (χ1v) is 6.06. The van der Waals surface area contributed by atoms with Crippen LogP contribution in [-0.4, -0.2) is 30.4 Å². The van der Waals surface area contributed by atoms with Gasteiger partial charge in [-0.1, -0.05) is 30.7 Å². The maximum atomic E-state index is 11.5. The minimum absolute atomic E-state index is 0.0432.